The van der Waals surface area contributed by atoms with Gasteiger partial charge in [0.15, 0.2) is 0 Å². The van der Waals surface area contributed by atoms with Crippen LogP contribution in [0.1, 0.15) is 29.2 Å². The van der Waals surface area contributed by atoms with E-state index in [1.165, 1.54) is 0 Å². The van der Waals surface area contributed by atoms with Crippen LogP contribution in [-0.2, 0) is 5.54 Å². The first-order chi connectivity index (χ1) is 9.50. The summed E-state index contributed by atoms with van der Waals surface area (Å²) in [5.74, 6) is -0.944. The second-order valence-corrected chi connectivity index (χ2v) is 5.91. The molecule has 0 saturated heterocycles. The van der Waals surface area contributed by atoms with Crippen LogP contribution in [0.15, 0.2) is 36.1 Å². The number of fused-ring (bicyclic) bond motifs is 1. The molecule has 0 amide bonds. The van der Waals surface area contributed by atoms with E-state index in [0.717, 1.165) is 10.5 Å². The molecule has 2 heterocycles. The molecule has 0 radical (unpaired) electrons. The Balaban J connectivity index is 2.16. The highest BCUT2D eigenvalue weighted by molar-refractivity contribution is 7.09. The minimum Gasteiger partial charge on any atom is -0.478 e. The van der Waals surface area contributed by atoms with Crippen molar-refractivity contribution >= 4 is 28.3 Å². The Labute approximate surface area is 119 Å². The molecule has 20 heavy (non-hydrogen) atoms. The number of nitrogens with zero attached hydrogens (tertiary/aromatic N) is 3. The van der Waals surface area contributed by atoms with Crippen molar-refractivity contribution in [2.45, 2.75) is 19.4 Å². The summed E-state index contributed by atoms with van der Waals surface area (Å²) in [5.41, 5.74) is 1.49. The Kier molecular flexibility index (Phi) is 2.83. The third kappa shape index (κ3) is 1.89. The number of hydrogen-bond acceptors (Lipinski definition) is 4. The van der Waals surface area contributed by atoms with E-state index in [1.807, 2.05) is 9.95 Å². The lowest BCUT2D eigenvalue weighted by Crippen LogP contribution is -2.26. The van der Waals surface area contributed by atoms with Gasteiger partial charge in [-0.2, -0.15) is 0 Å². The first kappa shape index (κ1) is 12.8. The largest absolute Gasteiger partial charge is 0.478 e. The molecule has 0 spiro atoms. The molecule has 0 aliphatic rings. The summed E-state index contributed by atoms with van der Waals surface area (Å²) in [4.78, 5) is 19.7. The van der Waals surface area contributed by atoms with E-state index in [0.29, 0.717) is 5.52 Å². The summed E-state index contributed by atoms with van der Waals surface area (Å²) < 4.78 is 2.02. The van der Waals surface area contributed by atoms with Gasteiger partial charge in [0.05, 0.1) is 28.5 Å². The quantitative estimate of drug-likeness (QED) is 0.804. The molecule has 3 aromatic rings. The standard InChI is InChI=1S/C14H13N3O2S/c1-14(2,13-15-5-6-20-13)17-8-16-10-7-9(12(18)19)3-4-11(10)17/h3-8H,1-2H3,(H,18,19). The molecule has 3 rings (SSSR count). The number of thiazole rings is 1. The summed E-state index contributed by atoms with van der Waals surface area (Å²) in [6.45, 7) is 4.14. The Bertz CT molecular complexity index is 775. The third-order valence-electron chi connectivity index (χ3n) is 3.35. The van der Waals surface area contributed by atoms with Gasteiger partial charge in [-0.15, -0.1) is 11.3 Å². The first-order valence-corrected chi connectivity index (χ1v) is 6.99. The third-order valence-corrected chi connectivity index (χ3v) is 4.44. The maximum atomic E-state index is 11.0. The number of benzene rings is 1. The van der Waals surface area contributed by atoms with Crippen LogP contribution in [-0.4, -0.2) is 25.6 Å². The molecule has 5 nitrogen and oxygen atoms in total. The zero-order valence-electron chi connectivity index (χ0n) is 11.1. The van der Waals surface area contributed by atoms with Crippen LogP contribution in [0.3, 0.4) is 0 Å². The maximum absolute atomic E-state index is 11.0. The number of carboxylic acids is 1. The van der Waals surface area contributed by atoms with Crippen LogP contribution in [0.4, 0.5) is 0 Å². The van der Waals surface area contributed by atoms with Crippen LogP contribution in [0.5, 0.6) is 0 Å². The predicted molar refractivity (Wildman–Crippen MR) is 77.2 cm³/mol. The molecule has 0 fully saturated rings. The van der Waals surface area contributed by atoms with Crippen molar-refractivity contribution in [2.24, 2.45) is 0 Å². The van der Waals surface area contributed by atoms with Gasteiger partial charge in [-0.05, 0) is 32.0 Å². The fraction of sp³-hybridized carbons (Fsp3) is 0.214. The lowest BCUT2D eigenvalue weighted by atomic mass is 10.1. The van der Waals surface area contributed by atoms with Crippen molar-refractivity contribution in [3.05, 3.63) is 46.7 Å². The number of hydrogen-bond donors (Lipinski definition) is 1. The highest BCUT2D eigenvalue weighted by atomic mass is 32.1. The zero-order valence-corrected chi connectivity index (χ0v) is 11.9. The van der Waals surface area contributed by atoms with Crippen LogP contribution in [0, 0.1) is 0 Å². The average molecular weight is 287 g/mol. The second kappa shape index (κ2) is 4.42. The molecule has 6 heteroatoms. The van der Waals surface area contributed by atoms with E-state index in [1.54, 1.807) is 42.1 Å². The highest BCUT2D eigenvalue weighted by Gasteiger charge is 2.27. The maximum Gasteiger partial charge on any atom is 0.335 e. The smallest absolute Gasteiger partial charge is 0.335 e. The van der Waals surface area contributed by atoms with Crippen molar-refractivity contribution in [3.8, 4) is 0 Å². The zero-order chi connectivity index (χ0) is 14.3. The number of carbonyl (C=O) groups is 1. The second-order valence-electron chi connectivity index (χ2n) is 5.02. The molecule has 102 valence electrons. The number of aromatic nitrogens is 3. The van der Waals surface area contributed by atoms with Gasteiger partial charge in [0.2, 0.25) is 0 Å². The molecule has 1 aromatic carbocycles. The normalized spacial score (nSPS) is 11.9. The minimum atomic E-state index is -0.944. The van der Waals surface area contributed by atoms with Crippen LogP contribution in [0.25, 0.3) is 11.0 Å². The first-order valence-electron chi connectivity index (χ1n) is 6.11. The van der Waals surface area contributed by atoms with E-state index in [2.05, 4.69) is 23.8 Å². The van der Waals surface area contributed by atoms with Gasteiger partial charge in [-0.3, -0.25) is 0 Å². The van der Waals surface area contributed by atoms with Crippen molar-refractivity contribution in [1.82, 2.24) is 14.5 Å². The van der Waals surface area contributed by atoms with Gasteiger partial charge in [0.25, 0.3) is 0 Å². The SMILES string of the molecule is CC(C)(c1nccs1)n1cnc2cc(C(=O)O)ccc21. The topological polar surface area (TPSA) is 68.0 Å². The summed E-state index contributed by atoms with van der Waals surface area (Å²) in [7, 11) is 0. The number of carboxylic acid groups (broad SMARTS) is 1. The van der Waals surface area contributed by atoms with Crippen molar-refractivity contribution in [2.75, 3.05) is 0 Å². The monoisotopic (exact) mass is 287 g/mol. The number of aromatic carboxylic acids is 1. The molecule has 0 atom stereocenters. The Morgan fingerprint density at radius 3 is 2.80 bits per heavy atom. The van der Waals surface area contributed by atoms with Crippen molar-refractivity contribution in [1.29, 1.82) is 0 Å². The van der Waals surface area contributed by atoms with Gasteiger partial charge < -0.3 is 9.67 Å². The molecule has 0 bridgehead atoms. The molecule has 0 aliphatic carbocycles. The molecule has 0 saturated carbocycles. The van der Waals surface area contributed by atoms with E-state index in [-0.39, 0.29) is 11.1 Å². The van der Waals surface area contributed by atoms with Crippen molar-refractivity contribution < 1.29 is 9.90 Å². The fourth-order valence-corrected chi connectivity index (χ4v) is 2.98. The van der Waals surface area contributed by atoms with E-state index >= 15 is 0 Å². The Morgan fingerprint density at radius 1 is 1.35 bits per heavy atom. The lowest BCUT2D eigenvalue weighted by Gasteiger charge is -2.24. The molecule has 1 N–H and O–H groups in total. The Hall–Kier alpha value is -2.21. The molecule has 0 unspecified atom stereocenters. The molecule has 2 aromatic heterocycles. The molecular weight excluding hydrogens is 274 g/mol. The Morgan fingerprint density at radius 2 is 2.15 bits per heavy atom. The summed E-state index contributed by atoms with van der Waals surface area (Å²) in [6.07, 6.45) is 3.51. The lowest BCUT2D eigenvalue weighted by molar-refractivity contribution is 0.0697. The van der Waals surface area contributed by atoms with E-state index in [9.17, 15) is 4.79 Å². The summed E-state index contributed by atoms with van der Waals surface area (Å²) >= 11 is 1.59. The summed E-state index contributed by atoms with van der Waals surface area (Å²) in [5, 5.41) is 11.9. The van der Waals surface area contributed by atoms with E-state index < -0.39 is 5.97 Å². The average Bonchev–Trinajstić information content (AvgIpc) is 3.07. The molecular formula is C14H13N3O2S. The fourth-order valence-electron chi connectivity index (χ4n) is 2.22. The number of imidazole rings is 1. The number of rotatable bonds is 3. The van der Waals surface area contributed by atoms with Crippen LogP contribution in [0.2, 0.25) is 0 Å². The molecule has 0 aliphatic heterocycles. The van der Waals surface area contributed by atoms with Gasteiger partial charge in [0, 0.05) is 11.6 Å². The van der Waals surface area contributed by atoms with Crippen LogP contribution < -0.4 is 0 Å². The van der Waals surface area contributed by atoms with E-state index in [4.69, 9.17) is 5.11 Å². The van der Waals surface area contributed by atoms with Crippen LogP contribution >= 0.6 is 11.3 Å². The van der Waals surface area contributed by atoms with Gasteiger partial charge in [-0.1, -0.05) is 0 Å². The van der Waals surface area contributed by atoms with Crippen molar-refractivity contribution in [3.63, 3.8) is 0 Å². The predicted octanol–water partition coefficient (Wildman–Crippen LogP) is 2.97. The highest BCUT2D eigenvalue weighted by Crippen LogP contribution is 2.30. The van der Waals surface area contributed by atoms with Gasteiger partial charge in [0.1, 0.15) is 5.01 Å². The summed E-state index contributed by atoms with van der Waals surface area (Å²) in [6, 6.07) is 4.98. The van der Waals surface area contributed by atoms with Gasteiger partial charge >= 0.3 is 5.97 Å². The minimum absolute atomic E-state index is 0.245. The van der Waals surface area contributed by atoms with Gasteiger partial charge in [-0.25, -0.2) is 14.8 Å².